The number of nitrogens with one attached hydrogen (secondary N) is 1. The molecule has 0 spiro atoms. The number of alkyl halides is 3. The minimum Gasteiger partial charge on any atom is -0.486 e. The number of likely N-dealkylation sites (tertiary alicyclic amines) is 1. The summed E-state index contributed by atoms with van der Waals surface area (Å²) in [6.45, 7) is 3.68. The van der Waals surface area contributed by atoms with E-state index in [2.05, 4.69) is 12.2 Å². The Hall–Kier alpha value is -1.96. The molecule has 2 heterocycles. The van der Waals surface area contributed by atoms with Crippen LogP contribution in [0.3, 0.4) is 0 Å². The molecule has 0 aliphatic carbocycles. The number of ether oxygens (including phenoxy) is 2. The van der Waals surface area contributed by atoms with Gasteiger partial charge in [0.15, 0.2) is 11.5 Å². The van der Waals surface area contributed by atoms with E-state index in [1.807, 2.05) is 18.2 Å². The van der Waals surface area contributed by atoms with Crippen LogP contribution in [0.15, 0.2) is 18.2 Å². The lowest BCUT2D eigenvalue weighted by Gasteiger charge is -2.31. The van der Waals surface area contributed by atoms with Crippen molar-refractivity contribution in [2.45, 2.75) is 83.0 Å². The van der Waals surface area contributed by atoms with Crippen LogP contribution in [-0.4, -0.2) is 55.4 Å². The predicted molar refractivity (Wildman–Crippen MR) is 117 cm³/mol. The quantitative estimate of drug-likeness (QED) is 0.483. The summed E-state index contributed by atoms with van der Waals surface area (Å²) in [5.74, 6) is 1.22. The molecule has 180 valence electrons. The van der Waals surface area contributed by atoms with E-state index in [9.17, 15) is 18.0 Å². The maximum atomic E-state index is 13.4. The highest BCUT2D eigenvalue weighted by atomic mass is 19.4. The van der Waals surface area contributed by atoms with E-state index >= 15 is 0 Å². The summed E-state index contributed by atoms with van der Waals surface area (Å²) in [6.07, 6.45) is 2.43. The predicted octanol–water partition coefficient (Wildman–Crippen LogP) is 4.87. The van der Waals surface area contributed by atoms with Gasteiger partial charge in [0.05, 0.1) is 0 Å². The van der Waals surface area contributed by atoms with Crippen molar-refractivity contribution >= 4 is 5.91 Å². The number of rotatable bonds is 11. The first-order valence-corrected chi connectivity index (χ1v) is 11.9. The van der Waals surface area contributed by atoms with Crippen molar-refractivity contribution in [3.8, 4) is 11.5 Å². The van der Waals surface area contributed by atoms with Crippen molar-refractivity contribution in [1.82, 2.24) is 10.2 Å². The molecule has 2 aliphatic rings. The molecule has 0 saturated carbocycles. The zero-order chi connectivity index (χ0) is 23.0. The molecule has 0 bridgehead atoms. The SMILES string of the molecule is CCCCCCCC(=O)NC(Cc1ccc2c(c1)OCCO2)CN1CCCC1C(F)(F)F. The first-order valence-electron chi connectivity index (χ1n) is 11.9. The number of halogens is 3. The second kappa shape index (κ2) is 11.8. The Kier molecular flexibility index (Phi) is 9.08. The second-order valence-electron chi connectivity index (χ2n) is 8.81. The van der Waals surface area contributed by atoms with Gasteiger partial charge in [-0.1, -0.05) is 38.7 Å². The molecular weight excluding hydrogens is 421 g/mol. The molecule has 2 aliphatic heterocycles. The van der Waals surface area contributed by atoms with Gasteiger partial charge in [0.1, 0.15) is 19.3 Å². The van der Waals surface area contributed by atoms with Gasteiger partial charge in [0, 0.05) is 19.0 Å². The van der Waals surface area contributed by atoms with E-state index in [1.165, 1.54) is 4.90 Å². The molecule has 3 rings (SSSR count). The first-order chi connectivity index (χ1) is 15.4. The van der Waals surface area contributed by atoms with Gasteiger partial charge >= 0.3 is 6.18 Å². The Bertz CT molecular complexity index is 742. The Morgan fingerprint density at radius 3 is 2.66 bits per heavy atom. The maximum absolute atomic E-state index is 13.4. The van der Waals surface area contributed by atoms with Crippen molar-refractivity contribution in [3.05, 3.63) is 23.8 Å². The minimum absolute atomic E-state index is 0.0909. The molecule has 0 radical (unpaired) electrons. The number of nitrogens with zero attached hydrogens (tertiary/aromatic N) is 1. The lowest BCUT2D eigenvalue weighted by atomic mass is 10.0. The molecule has 2 unspecified atom stereocenters. The van der Waals surface area contributed by atoms with Gasteiger partial charge in [-0.3, -0.25) is 9.69 Å². The van der Waals surface area contributed by atoms with Crippen LogP contribution in [0.25, 0.3) is 0 Å². The highest BCUT2D eigenvalue weighted by molar-refractivity contribution is 5.76. The smallest absolute Gasteiger partial charge is 0.404 e. The topological polar surface area (TPSA) is 50.8 Å². The fourth-order valence-corrected chi connectivity index (χ4v) is 4.55. The fourth-order valence-electron chi connectivity index (χ4n) is 4.55. The summed E-state index contributed by atoms with van der Waals surface area (Å²) in [5.41, 5.74) is 0.908. The van der Waals surface area contributed by atoms with Gasteiger partial charge in [-0.05, 0) is 49.9 Å². The third-order valence-electron chi connectivity index (χ3n) is 6.16. The van der Waals surface area contributed by atoms with E-state index in [4.69, 9.17) is 9.47 Å². The van der Waals surface area contributed by atoms with Gasteiger partial charge in [-0.15, -0.1) is 0 Å². The average Bonchev–Trinajstić information content (AvgIpc) is 3.22. The Morgan fingerprint density at radius 2 is 1.91 bits per heavy atom. The Morgan fingerprint density at radius 1 is 1.16 bits per heavy atom. The number of hydrogen-bond donors (Lipinski definition) is 1. The molecule has 0 aromatic heterocycles. The van der Waals surface area contributed by atoms with Crippen molar-refractivity contribution < 1.29 is 27.4 Å². The molecule has 1 saturated heterocycles. The van der Waals surface area contributed by atoms with Crippen LogP contribution in [0.2, 0.25) is 0 Å². The van der Waals surface area contributed by atoms with Crippen molar-refractivity contribution in [2.24, 2.45) is 0 Å². The summed E-state index contributed by atoms with van der Waals surface area (Å²) in [5, 5.41) is 3.02. The van der Waals surface area contributed by atoms with Crippen LogP contribution in [0, 0.1) is 0 Å². The monoisotopic (exact) mass is 456 g/mol. The normalized spacial score (nSPS) is 19.7. The summed E-state index contributed by atoms with van der Waals surface area (Å²) in [6, 6.07) is 3.75. The van der Waals surface area contributed by atoms with Crippen LogP contribution in [0.5, 0.6) is 11.5 Å². The van der Waals surface area contributed by atoms with Gasteiger partial charge in [0.25, 0.3) is 0 Å². The van der Waals surface area contributed by atoms with Crippen molar-refractivity contribution in [3.63, 3.8) is 0 Å². The first kappa shape index (κ1) is 24.7. The second-order valence-corrected chi connectivity index (χ2v) is 8.81. The number of carbonyl (C=O) groups is 1. The van der Waals surface area contributed by atoms with E-state index < -0.39 is 18.3 Å². The summed E-state index contributed by atoms with van der Waals surface area (Å²) >= 11 is 0. The van der Waals surface area contributed by atoms with Crippen LogP contribution < -0.4 is 14.8 Å². The molecule has 32 heavy (non-hydrogen) atoms. The number of carbonyl (C=O) groups excluding carboxylic acids is 1. The maximum Gasteiger partial charge on any atom is 0.404 e. The highest BCUT2D eigenvalue weighted by Crippen LogP contribution is 2.34. The molecule has 1 N–H and O–H groups in total. The Labute approximate surface area is 188 Å². The number of fused-ring (bicyclic) bond motifs is 1. The van der Waals surface area contributed by atoms with E-state index in [0.717, 1.165) is 37.7 Å². The summed E-state index contributed by atoms with van der Waals surface area (Å²) < 4.78 is 51.5. The van der Waals surface area contributed by atoms with E-state index in [-0.39, 0.29) is 18.9 Å². The fraction of sp³-hybridized carbons (Fsp3) is 0.708. The van der Waals surface area contributed by atoms with E-state index in [0.29, 0.717) is 50.5 Å². The van der Waals surface area contributed by atoms with Crippen LogP contribution in [0.1, 0.15) is 63.9 Å². The van der Waals surface area contributed by atoms with E-state index in [1.54, 1.807) is 0 Å². The summed E-state index contributed by atoms with van der Waals surface area (Å²) in [4.78, 5) is 14.0. The molecule has 1 aromatic carbocycles. The molecule has 5 nitrogen and oxygen atoms in total. The number of benzene rings is 1. The molecule has 1 aromatic rings. The average molecular weight is 457 g/mol. The number of amides is 1. The van der Waals surface area contributed by atoms with Crippen molar-refractivity contribution in [2.75, 3.05) is 26.3 Å². The zero-order valence-corrected chi connectivity index (χ0v) is 18.9. The van der Waals surface area contributed by atoms with Gasteiger partial charge in [-0.25, -0.2) is 0 Å². The largest absolute Gasteiger partial charge is 0.486 e. The van der Waals surface area contributed by atoms with Crippen LogP contribution in [0.4, 0.5) is 13.2 Å². The van der Waals surface area contributed by atoms with Crippen LogP contribution >= 0.6 is 0 Å². The lowest BCUT2D eigenvalue weighted by molar-refractivity contribution is -0.176. The third-order valence-corrected chi connectivity index (χ3v) is 6.16. The zero-order valence-electron chi connectivity index (χ0n) is 18.9. The molecule has 2 atom stereocenters. The summed E-state index contributed by atoms with van der Waals surface area (Å²) in [7, 11) is 0. The van der Waals surface area contributed by atoms with Crippen molar-refractivity contribution in [1.29, 1.82) is 0 Å². The van der Waals surface area contributed by atoms with Gasteiger partial charge in [0.2, 0.25) is 5.91 Å². The van der Waals surface area contributed by atoms with Gasteiger partial charge in [-0.2, -0.15) is 13.2 Å². The molecule has 1 fully saturated rings. The number of unbranched alkanes of at least 4 members (excludes halogenated alkanes) is 4. The molecule has 1 amide bonds. The van der Waals surface area contributed by atoms with Gasteiger partial charge < -0.3 is 14.8 Å². The standard InChI is InChI=1S/C24H35F3N2O3/c1-2-3-4-5-6-9-23(30)28-19(17-29-12-7-8-22(29)24(25,26)27)15-18-10-11-20-21(16-18)32-14-13-31-20/h10-11,16,19,22H,2-9,12-15,17H2,1H3,(H,28,30). The highest BCUT2D eigenvalue weighted by Gasteiger charge is 2.46. The van der Waals surface area contributed by atoms with Crippen LogP contribution in [-0.2, 0) is 11.2 Å². The Balaban J connectivity index is 1.64. The molecular formula is C24H35F3N2O3. The molecule has 8 heteroatoms. The third kappa shape index (κ3) is 7.29. The minimum atomic E-state index is -4.25. The number of hydrogen-bond acceptors (Lipinski definition) is 4. The lowest BCUT2D eigenvalue weighted by Crippen LogP contribution is -2.49.